The van der Waals surface area contributed by atoms with E-state index in [-0.39, 0.29) is 11.0 Å². The van der Waals surface area contributed by atoms with E-state index in [4.69, 9.17) is 8.22 Å². The Kier molecular flexibility index (Phi) is 19.0. The maximum absolute atomic E-state index is 8.39. The molecule has 5 heterocycles. The van der Waals surface area contributed by atoms with Crippen LogP contribution < -0.4 is 18.3 Å². The number of para-hydroxylation sites is 1. The molecule has 32 rings (SSSR count). The summed E-state index contributed by atoms with van der Waals surface area (Å²) in [5.41, 5.74) is 32.5. The predicted molar refractivity (Wildman–Crippen MR) is 560 cm³/mol. The van der Waals surface area contributed by atoms with Gasteiger partial charge in [0, 0.05) is 64.4 Å². The van der Waals surface area contributed by atoms with Crippen LogP contribution in [0.15, 0.2) is 225 Å². The van der Waals surface area contributed by atoms with Gasteiger partial charge in [-0.2, -0.15) is 0 Å². The SMILES string of the molecule is Cc1cc2c(cc1-c1c3ccc(C45CC6CC(CC(C6)C4)C5)cc3cc[n+]1C)C(C)(C)c1ccccc1-2.Cc1cc2c3ccccc3n(C(C)C)c2cc1-c1c2ccc(C34CC5CC(CC(C5)C3)C4)cc2cc[n+]1C.[2H]C([2H])([2H])c1cc(-c2c3ccc(C45CC6CC(CC(C6)C4)C5)cc3cc[n+]2C)c(C)c(C([2H])([2H])C)c1.[2H]c1cc(C)c(C)c(-c2c3ccc(C45CC6CC(CC(C6)C4)C5)cc3cc[n+]2C)c1. The molecule has 17 aliphatic rings. The van der Waals surface area contributed by atoms with E-state index >= 15 is 0 Å². The molecule has 0 saturated heterocycles. The molecule has 16 saturated carbocycles. The Morgan fingerprint density at radius 3 is 1.10 bits per heavy atom. The van der Waals surface area contributed by atoms with Crippen molar-refractivity contribution in [1.82, 2.24) is 4.57 Å². The summed E-state index contributed by atoms with van der Waals surface area (Å²) in [6, 6.07) is 74.5. The summed E-state index contributed by atoms with van der Waals surface area (Å²) in [4.78, 5) is 0. The minimum atomic E-state index is -2.31. The highest BCUT2D eigenvalue weighted by molar-refractivity contribution is 6.10. The van der Waals surface area contributed by atoms with E-state index in [2.05, 4.69) is 289 Å². The van der Waals surface area contributed by atoms with Crippen molar-refractivity contribution in [3.63, 3.8) is 0 Å². The van der Waals surface area contributed by atoms with Crippen LogP contribution in [0.1, 0.15) is 275 Å². The average Bonchev–Trinajstić information content (AvgIpc) is 1.52. The van der Waals surface area contributed by atoms with Gasteiger partial charge in [-0.15, -0.1) is 0 Å². The molecule has 16 bridgehead atoms. The molecule has 0 aliphatic heterocycles. The molecule has 10 aromatic carbocycles. The summed E-state index contributed by atoms with van der Waals surface area (Å²) in [6.45, 7) is 19.4. The first-order valence-electron chi connectivity index (χ1n) is 55.7. The number of hydrogen-bond acceptors (Lipinski definition) is 0. The molecule has 5 nitrogen and oxygen atoms in total. The van der Waals surface area contributed by atoms with Crippen molar-refractivity contribution in [2.24, 2.45) is 99.2 Å². The second-order valence-corrected chi connectivity index (χ2v) is 48.3. The molecule has 0 atom stereocenters. The second-order valence-electron chi connectivity index (χ2n) is 48.3. The molecule has 0 amide bonds. The van der Waals surface area contributed by atoms with E-state index in [1.54, 1.807) is 22.8 Å². The predicted octanol–water partition coefficient (Wildman–Crippen LogP) is 30.6. The minimum absolute atomic E-state index is 0.0171. The number of aromatic nitrogens is 5. The molecule has 15 aromatic rings. The Morgan fingerprint density at radius 1 is 0.333 bits per heavy atom. The van der Waals surface area contributed by atoms with Gasteiger partial charge in [0.1, 0.15) is 28.2 Å². The fourth-order valence-corrected chi connectivity index (χ4v) is 34.2. The Hall–Kier alpha value is -10.4. The number of benzene rings is 10. The molecule has 0 radical (unpaired) electrons. The van der Waals surface area contributed by atoms with E-state index in [1.165, 1.54) is 310 Å². The number of nitrogens with zero attached hydrogens (tertiary/aromatic N) is 5. The maximum Gasteiger partial charge on any atom is 0.220 e. The number of aryl methyl sites for hydroxylation is 9. The molecule has 135 heavy (non-hydrogen) atoms. The Balaban J connectivity index is 0.0000000994. The van der Waals surface area contributed by atoms with Crippen LogP contribution in [0, 0.1) is 112 Å². The van der Waals surface area contributed by atoms with Crippen LogP contribution in [0.2, 0.25) is 0 Å². The van der Waals surface area contributed by atoms with Crippen LogP contribution in [-0.4, -0.2) is 4.57 Å². The van der Waals surface area contributed by atoms with Crippen LogP contribution in [0.25, 0.3) is 121 Å². The summed E-state index contributed by atoms with van der Waals surface area (Å²) < 4.78 is 60.7. The van der Waals surface area contributed by atoms with Crippen molar-refractivity contribution < 1.29 is 26.5 Å². The van der Waals surface area contributed by atoms with Gasteiger partial charge in [-0.1, -0.05) is 136 Å². The van der Waals surface area contributed by atoms with E-state index in [1.807, 2.05) is 30.7 Å². The molecule has 0 spiro atoms. The van der Waals surface area contributed by atoms with E-state index in [0.717, 1.165) is 93.2 Å². The molecular formula is C130H145N5+4. The zero-order valence-corrected chi connectivity index (χ0v) is 83.0. The van der Waals surface area contributed by atoms with Crippen LogP contribution >= 0.6 is 0 Å². The fraction of sp³-hybridized carbons (Fsp3) is 0.446. The average molecular weight is 1780 g/mol. The Bertz CT molecular complexity index is 7550. The van der Waals surface area contributed by atoms with E-state index in [9.17, 15) is 0 Å². The largest absolute Gasteiger partial charge is 0.338 e. The summed E-state index contributed by atoms with van der Waals surface area (Å²) >= 11 is 0. The lowest BCUT2D eigenvalue weighted by Crippen LogP contribution is -2.48. The highest BCUT2D eigenvalue weighted by Gasteiger charge is 2.56. The first-order valence-corrected chi connectivity index (χ1v) is 52.7. The molecule has 0 N–H and O–H groups in total. The molecule has 5 heteroatoms. The van der Waals surface area contributed by atoms with Crippen LogP contribution in [0.4, 0.5) is 0 Å². The van der Waals surface area contributed by atoms with Crippen LogP contribution in [0.3, 0.4) is 0 Å². The summed E-state index contributed by atoms with van der Waals surface area (Å²) in [7, 11) is 8.55. The number of pyridine rings is 4. The molecule has 0 unspecified atom stereocenters. The van der Waals surface area contributed by atoms with Crippen LogP contribution in [0.5, 0.6) is 0 Å². The minimum Gasteiger partial charge on any atom is -0.338 e. The van der Waals surface area contributed by atoms with Crippen molar-refractivity contribution in [3.05, 3.63) is 297 Å². The van der Waals surface area contributed by atoms with E-state index < -0.39 is 13.2 Å². The maximum atomic E-state index is 8.39. The Morgan fingerprint density at radius 2 is 0.704 bits per heavy atom. The highest BCUT2D eigenvalue weighted by atomic mass is 15.0. The summed E-state index contributed by atoms with van der Waals surface area (Å²) in [5, 5.41) is 13.2. The molecule has 686 valence electrons. The molecule has 5 aromatic heterocycles. The van der Waals surface area contributed by atoms with Gasteiger partial charge >= 0.3 is 0 Å². The van der Waals surface area contributed by atoms with Crippen molar-refractivity contribution in [2.45, 2.75) is 270 Å². The van der Waals surface area contributed by atoms with Gasteiger partial charge < -0.3 is 4.57 Å². The number of hydrogen-bond donors (Lipinski definition) is 0. The topological polar surface area (TPSA) is 20.4 Å². The fourth-order valence-electron chi connectivity index (χ4n) is 34.2. The van der Waals surface area contributed by atoms with Crippen molar-refractivity contribution in [2.75, 3.05) is 0 Å². The summed E-state index contributed by atoms with van der Waals surface area (Å²) in [5.74, 6) is 11.5. The summed E-state index contributed by atoms with van der Waals surface area (Å²) in [6.07, 6.45) is 41.8. The zero-order chi connectivity index (χ0) is 97.1. The lowest BCUT2D eigenvalue weighted by atomic mass is 9.48. The van der Waals surface area contributed by atoms with Gasteiger partial charge in [0.25, 0.3) is 0 Å². The van der Waals surface area contributed by atoms with E-state index in [0.29, 0.717) is 39.3 Å². The number of fused-ring (bicyclic) bond motifs is 10. The first kappa shape index (κ1) is 79.7. The second kappa shape index (κ2) is 32.1. The standard InChI is InChI=1S/C36H39N2.C36H38N.C30H36N.C28H32N/c1-22(2)38-33-8-6-5-7-30(33)32-13-23(3)31(18-34(32)38)35-29-10-9-28(17-27(29)11-12-37(35)4)36-19-24-14-25(20-36)16-26(15-24)21-36;1-22-13-31-29-7-5-6-8-32(29)35(2,3)33(31)18-30(22)34-28-10-9-27(17-26(28)11-12-37(34)4)36-19-23-14-24(20-36)16-25(15-23)21-36;1-5-24-10-19(2)11-28(20(24)3)29-27-7-6-26(15-25(27)8-9-31(29)4)30-16-21-12-22(17-30)14-23(13-21)18-30;1-18-5-4-6-25(19(18)2)27-26-8-7-24(14-23(26)9-10-29(27)3)28-15-20-11-21(16-28)13-22(12-20)17-28/h5-13,17-18,22,24-26H,14-16,19-21H2,1-4H3;5-13,17-18,23-25H,14-16,19-21H2,1-4H3;6-11,15,21-23H,5,12-14,16-18H2,1-4H3;4-10,14,20-22H,11-13,15-17H2,1-3H3/q4*+1/i;;2D3,5D2;4D. The van der Waals surface area contributed by atoms with Gasteiger partial charge in [0.2, 0.25) is 22.8 Å². The lowest BCUT2D eigenvalue weighted by molar-refractivity contribution is -0.659. The monoisotopic (exact) mass is 1780 g/mol. The molecule has 16 fully saturated rings. The lowest BCUT2D eigenvalue weighted by Gasteiger charge is -2.57. The quantitative estimate of drug-likeness (QED) is 0.122. The number of rotatable bonds is 10. The molecule has 17 aliphatic carbocycles. The Labute approximate surface area is 813 Å². The van der Waals surface area contributed by atoms with Gasteiger partial charge in [-0.3, -0.25) is 0 Å². The van der Waals surface area contributed by atoms with Gasteiger partial charge in [0.05, 0.1) is 45.1 Å². The third kappa shape index (κ3) is 14.1. The molecular weight excluding hydrogens is 1630 g/mol. The van der Waals surface area contributed by atoms with Crippen LogP contribution in [-0.2, 0) is 61.6 Å². The van der Waals surface area contributed by atoms with Gasteiger partial charge in [0.15, 0.2) is 24.8 Å². The normalized spacial score (nSPS) is 29.3. The third-order valence-electron chi connectivity index (χ3n) is 38.9. The van der Waals surface area contributed by atoms with Crippen molar-refractivity contribution >= 4 is 64.9 Å². The van der Waals surface area contributed by atoms with Gasteiger partial charge in [-0.05, 0) is 474 Å². The van der Waals surface area contributed by atoms with Crippen molar-refractivity contribution in [1.29, 1.82) is 0 Å². The highest BCUT2D eigenvalue weighted by Crippen LogP contribution is 2.66. The zero-order valence-electron chi connectivity index (χ0n) is 89.0. The first-order chi connectivity index (χ1) is 67.5. The van der Waals surface area contributed by atoms with Gasteiger partial charge in [-0.25, -0.2) is 18.3 Å². The smallest absolute Gasteiger partial charge is 0.220 e. The third-order valence-corrected chi connectivity index (χ3v) is 38.9. The van der Waals surface area contributed by atoms with Crippen molar-refractivity contribution in [3.8, 4) is 56.2 Å².